The normalized spacial score (nSPS) is 13.7. The molecule has 0 atom stereocenters. The molecule has 0 aliphatic carbocycles. The number of hydrogen-bond acceptors (Lipinski definition) is 3. The van der Waals surface area contributed by atoms with Gasteiger partial charge >= 0.3 is 0 Å². The Morgan fingerprint density at radius 1 is 0.950 bits per heavy atom. The highest BCUT2D eigenvalue weighted by molar-refractivity contribution is 6.02. The van der Waals surface area contributed by atoms with Crippen molar-refractivity contribution in [2.75, 3.05) is 17.2 Å². The maximum Gasteiger partial charge on any atom is 0.0507 e. The van der Waals surface area contributed by atoms with E-state index in [1.807, 2.05) is 18.3 Å². The first kappa shape index (κ1) is 11.3. The number of nitrogen functional groups attached to an aromatic ring is 1. The molecule has 3 nitrogen and oxygen atoms in total. The molecule has 1 aromatic heterocycles. The summed E-state index contributed by atoms with van der Waals surface area (Å²) in [5, 5.41) is 2.19. The van der Waals surface area contributed by atoms with Crippen molar-refractivity contribution in [1.29, 1.82) is 0 Å². The molecule has 0 bridgehead atoms. The zero-order valence-corrected chi connectivity index (χ0v) is 11.1. The summed E-state index contributed by atoms with van der Waals surface area (Å²) in [6.07, 6.45) is 4.78. The Morgan fingerprint density at radius 2 is 1.85 bits per heavy atom. The predicted octanol–water partition coefficient (Wildman–Crippen LogP) is 3.51. The fourth-order valence-electron chi connectivity index (χ4n) is 3.02. The average Bonchev–Trinajstić information content (AvgIpc) is 2.92. The van der Waals surface area contributed by atoms with Crippen LogP contribution in [0.4, 0.5) is 17.1 Å². The molecule has 3 heteroatoms. The highest BCUT2D eigenvalue weighted by Crippen LogP contribution is 2.39. The van der Waals surface area contributed by atoms with E-state index >= 15 is 0 Å². The summed E-state index contributed by atoms with van der Waals surface area (Å²) in [4.78, 5) is 6.62. The third-order valence-electron chi connectivity index (χ3n) is 4.01. The highest BCUT2D eigenvalue weighted by atomic mass is 15.2. The molecule has 0 saturated carbocycles. The molecule has 0 unspecified atom stereocenters. The number of nitrogens with two attached hydrogens (primary N) is 1. The first-order valence-electron chi connectivity index (χ1n) is 6.82. The van der Waals surface area contributed by atoms with Gasteiger partial charge in [-0.3, -0.25) is 4.98 Å². The summed E-state index contributed by atoms with van der Waals surface area (Å²) in [5.74, 6) is 0. The molecule has 0 amide bonds. The Bertz CT molecular complexity index is 795. The molecule has 20 heavy (non-hydrogen) atoms. The van der Waals surface area contributed by atoms with Crippen molar-refractivity contribution in [1.82, 2.24) is 4.98 Å². The van der Waals surface area contributed by atoms with Crippen LogP contribution < -0.4 is 10.6 Å². The molecule has 1 aliphatic heterocycles. The van der Waals surface area contributed by atoms with Crippen molar-refractivity contribution < 1.29 is 0 Å². The third-order valence-corrected chi connectivity index (χ3v) is 4.01. The number of anilines is 3. The monoisotopic (exact) mass is 261 g/mol. The molecule has 2 heterocycles. The SMILES string of the molecule is Nc1ccc(N2CCc3ccccc32)c2cnccc12. The van der Waals surface area contributed by atoms with Gasteiger partial charge in [-0.25, -0.2) is 0 Å². The van der Waals surface area contributed by atoms with Crippen LogP contribution in [-0.2, 0) is 6.42 Å². The number of hydrogen-bond donors (Lipinski definition) is 1. The number of benzene rings is 2. The number of nitrogens with zero attached hydrogens (tertiary/aromatic N) is 2. The summed E-state index contributed by atoms with van der Waals surface area (Å²) in [6.45, 7) is 1.01. The molecule has 0 saturated heterocycles. The lowest BCUT2D eigenvalue weighted by Gasteiger charge is -2.22. The highest BCUT2D eigenvalue weighted by Gasteiger charge is 2.21. The van der Waals surface area contributed by atoms with Crippen LogP contribution in [0.5, 0.6) is 0 Å². The quantitative estimate of drug-likeness (QED) is 0.682. The lowest BCUT2D eigenvalue weighted by Crippen LogP contribution is -2.13. The smallest absolute Gasteiger partial charge is 0.0507 e. The van der Waals surface area contributed by atoms with Crippen molar-refractivity contribution in [3.63, 3.8) is 0 Å². The first-order chi connectivity index (χ1) is 9.84. The van der Waals surface area contributed by atoms with Crippen molar-refractivity contribution in [2.24, 2.45) is 0 Å². The van der Waals surface area contributed by atoms with Crippen LogP contribution in [0.25, 0.3) is 10.8 Å². The molecule has 98 valence electrons. The van der Waals surface area contributed by atoms with Crippen LogP contribution in [0, 0.1) is 0 Å². The van der Waals surface area contributed by atoms with E-state index in [4.69, 9.17) is 5.73 Å². The summed E-state index contributed by atoms with van der Waals surface area (Å²) in [6, 6.07) is 14.6. The Labute approximate surface area is 117 Å². The van der Waals surface area contributed by atoms with E-state index in [9.17, 15) is 0 Å². The zero-order chi connectivity index (χ0) is 13.5. The van der Waals surface area contributed by atoms with E-state index in [0.29, 0.717) is 0 Å². The lowest BCUT2D eigenvalue weighted by atomic mass is 10.1. The number of aromatic nitrogens is 1. The number of rotatable bonds is 1. The van der Waals surface area contributed by atoms with Crippen LogP contribution in [-0.4, -0.2) is 11.5 Å². The summed E-state index contributed by atoms with van der Waals surface area (Å²) < 4.78 is 0. The second-order valence-corrected chi connectivity index (χ2v) is 5.13. The number of fused-ring (bicyclic) bond motifs is 2. The number of pyridine rings is 1. The minimum Gasteiger partial charge on any atom is -0.398 e. The minimum atomic E-state index is 0.804. The first-order valence-corrected chi connectivity index (χ1v) is 6.82. The standard InChI is InChI=1S/C17H15N3/c18-15-5-6-17(14-11-19-9-7-13(14)15)20-10-8-12-3-1-2-4-16(12)20/h1-7,9,11H,8,10,18H2. The van der Waals surface area contributed by atoms with Gasteiger partial charge < -0.3 is 10.6 Å². The van der Waals surface area contributed by atoms with Crippen LogP contribution in [0.2, 0.25) is 0 Å². The Hall–Kier alpha value is -2.55. The molecular formula is C17H15N3. The molecule has 2 aromatic carbocycles. The van der Waals surface area contributed by atoms with E-state index in [1.54, 1.807) is 6.20 Å². The second-order valence-electron chi connectivity index (χ2n) is 5.13. The van der Waals surface area contributed by atoms with Gasteiger partial charge in [0.05, 0.1) is 5.69 Å². The fraction of sp³-hybridized carbons (Fsp3) is 0.118. The lowest BCUT2D eigenvalue weighted by molar-refractivity contribution is 1.00. The topological polar surface area (TPSA) is 42.1 Å². The molecular weight excluding hydrogens is 246 g/mol. The second kappa shape index (κ2) is 4.23. The minimum absolute atomic E-state index is 0.804. The molecule has 0 radical (unpaired) electrons. The predicted molar refractivity (Wildman–Crippen MR) is 83.3 cm³/mol. The molecule has 3 aromatic rings. The largest absolute Gasteiger partial charge is 0.398 e. The van der Waals surface area contributed by atoms with Gasteiger partial charge in [0.25, 0.3) is 0 Å². The van der Waals surface area contributed by atoms with Crippen LogP contribution >= 0.6 is 0 Å². The van der Waals surface area contributed by atoms with E-state index in [2.05, 4.69) is 40.2 Å². The van der Waals surface area contributed by atoms with Crippen molar-refractivity contribution in [2.45, 2.75) is 6.42 Å². The van der Waals surface area contributed by atoms with E-state index in [-0.39, 0.29) is 0 Å². The van der Waals surface area contributed by atoms with Crippen molar-refractivity contribution in [3.8, 4) is 0 Å². The van der Waals surface area contributed by atoms with Gasteiger partial charge in [0, 0.05) is 41.1 Å². The molecule has 1 aliphatic rings. The van der Waals surface area contributed by atoms with E-state index < -0.39 is 0 Å². The van der Waals surface area contributed by atoms with Crippen molar-refractivity contribution in [3.05, 3.63) is 60.4 Å². The molecule has 0 fully saturated rings. The van der Waals surface area contributed by atoms with Gasteiger partial charge in [0.15, 0.2) is 0 Å². The summed E-state index contributed by atoms with van der Waals surface area (Å²) in [7, 11) is 0. The fourth-order valence-corrected chi connectivity index (χ4v) is 3.02. The van der Waals surface area contributed by atoms with E-state index in [1.165, 1.54) is 16.9 Å². The van der Waals surface area contributed by atoms with Crippen LogP contribution in [0.15, 0.2) is 54.9 Å². The zero-order valence-electron chi connectivity index (χ0n) is 11.1. The van der Waals surface area contributed by atoms with Gasteiger partial charge in [-0.15, -0.1) is 0 Å². The van der Waals surface area contributed by atoms with Gasteiger partial charge in [0.1, 0.15) is 0 Å². The Kier molecular flexibility index (Phi) is 2.39. The maximum absolute atomic E-state index is 6.07. The van der Waals surface area contributed by atoms with E-state index in [0.717, 1.165) is 29.4 Å². The molecule has 4 rings (SSSR count). The molecule has 0 spiro atoms. The third kappa shape index (κ3) is 1.56. The molecule has 2 N–H and O–H groups in total. The number of para-hydroxylation sites is 1. The summed E-state index contributed by atoms with van der Waals surface area (Å²) in [5.41, 5.74) is 10.8. The van der Waals surface area contributed by atoms with Gasteiger partial charge in [-0.05, 0) is 36.2 Å². The Balaban J connectivity index is 1.95. The maximum atomic E-state index is 6.07. The Morgan fingerprint density at radius 3 is 2.80 bits per heavy atom. The van der Waals surface area contributed by atoms with Crippen LogP contribution in [0.1, 0.15) is 5.56 Å². The van der Waals surface area contributed by atoms with Crippen molar-refractivity contribution >= 4 is 27.8 Å². The average molecular weight is 261 g/mol. The van der Waals surface area contributed by atoms with Crippen LogP contribution in [0.3, 0.4) is 0 Å². The summed E-state index contributed by atoms with van der Waals surface area (Å²) >= 11 is 0. The van der Waals surface area contributed by atoms with Gasteiger partial charge in [0.2, 0.25) is 0 Å². The van der Waals surface area contributed by atoms with Gasteiger partial charge in [-0.2, -0.15) is 0 Å². The van der Waals surface area contributed by atoms with Gasteiger partial charge in [-0.1, -0.05) is 18.2 Å².